The molecule has 2 N–H and O–H groups in total. The predicted molar refractivity (Wildman–Crippen MR) is 166 cm³/mol. The van der Waals surface area contributed by atoms with Crippen LogP contribution in [0.25, 0.3) is 0 Å². The summed E-state index contributed by atoms with van der Waals surface area (Å²) in [5, 5.41) is 13.1. The number of benzene rings is 2. The van der Waals surface area contributed by atoms with Crippen molar-refractivity contribution in [2.24, 2.45) is 0 Å². The molecule has 33 heavy (non-hydrogen) atoms. The van der Waals surface area contributed by atoms with Crippen molar-refractivity contribution in [3.05, 3.63) is 49.7 Å². The summed E-state index contributed by atoms with van der Waals surface area (Å²) in [5.41, 5.74) is 2.31. The van der Waals surface area contributed by atoms with Gasteiger partial charge in [-0.15, -0.1) is 0 Å². The lowest BCUT2D eigenvalue weighted by Crippen LogP contribution is -2.39. The van der Waals surface area contributed by atoms with Crippen LogP contribution in [0.3, 0.4) is 0 Å². The van der Waals surface area contributed by atoms with Gasteiger partial charge >= 0.3 is 5.97 Å². The van der Waals surface area contributed by atoms with Crippen molar-refractivity contribution >= 4 is 96.3 Å². The maximum absolute atomic E-state index is 12.3. The number of halogens is 4. The number of esters is 1. The van der Waals surface area contributed by atoms with Gasteiger partial charge in [0.1, 0.15) is 11.8 Å². The number of ether oxygens (including phenoxy) is 2. The third kappa shape index (κ3) is 9.17. The number of nitrogens with one attached hydrogen (secondary N) is 1. The average molecular weight is 903 g/mol. The van der Waals surface area contributed by atoms with Crippen LogP contribution in [0.15, 0.2) is 24.3 Å². The largest absolute Gasteiger partial charge is 0.465 e. The molecular weight excluding hydrogens is 874 g/mol. The van der Waals surface area contributed by atoms with Crippen LogP contribution in [0.2, 0.25) is 0 Å². The van der Waals surface area contributed by atoms with E-state index in [1.807, 2.05) is 20.8 Å². The van der Waals surface area contributed by atoms with Gasteiger partial charge in [-0.2, -0.15) is 0 Å². The molecule has 2 aromatic carbocycles. The zero-order valence-electron chi connectivity index (χ0n) is 18.9. The van der Waals surface area contributed by atoms with E-state index in [9.17, 15) is 9.90 Å². The number of carbonyl (C=O) groups excluding carboxylic acids is 1. The third-order valence-electron chi connectivity index (χ3n) is 5.05. The summed E-state index contributed by atoms with van der Waals surface area (Å²) in [5.74, 6) is 1.39. The van der Waals surface area contributed by atoms with E-state index >= 15 is 0 Å². The number of hydrogen-bond donors (Lipinski definition) is 2. The van der Waals surface area contributed by atoms with Gasteiger partial charge in [0.05, 0.1) is 19.9 Å². The van der Waals surface area contributed by atoms with Crippen molar-refractivity contribution in [3.63, 3.8) is 0 Å². The Labute approximate surface area is 251 Å². The van der Waals surface area contributed by atoms with Crippen molar-refractivity contribution in [1.82, 2.24) is 5.32 Å². The van der Waals surface area contributed by atoms with Gasteiger partial charge in [-0.25, -0.2) is 0 Å². The smallest absolute Gasteiger partial charge is 0.323 e. The van der Waals surface area contributed by atoms with Crippen LogP contribution in [-0.4, -0.2) is 36.4 Å². The van der Waals surface area contributed by atoms with Crippen LogP contribution in [-0.2, 0) is 22.4 Å². The van der Waals surface area contributed by atoms with E-state index in [0.29, 0.717) is 19.6 Å². The molecule has 0 bridgehead atoms. The molecule has 0 amide bonds. The van der Waals surface area contributed by atoms with E-state index in [-0.39, 0.29) is 18.1 Å². The first kappa shape index (κ1) is 29.8. The zero-order valence-corrected chi connectivity index (χ0v) is 27.5. The van der Waals surface area contributed by atoms with E-state index in [0.717, 1.165) is 50.6 Å². The lowest BCUT2D eigenvalue weighted by molar-refractivity contribution is -0.145. The van der Waals surface area contributed by atoms with Gasteiger partial charge in [-0.3, -0.25) is 4.79 Å². The maximum atomic E-state index is 12.3. The molecule has 0 fully saturated rings. The Kier molecular flexibility index (Phi) is 13.5. The Hall–Kier alpha value is 0.550. The number of hydrogen-bond acceptors (Lipinski definition) is 5. The fourth-order valence-electron chi connectivity index (χ4n) is 3.30. The summed E-state index contributed by atoms with van der Waals surface area (Å²) < 4.78 is 15.8. The summed E-state index contributed by atoms with van der Waals surface area (Å²) in [6.07, 6.45) is 2.69. The first-order valence-corrected chi connectivity index (χ1v) is 15.2. The van der Waals surface area contributed by atoms with Crippen molar-refractivity contribution in [1.29, 1.82) is 0 Å². The molecule has 0 radical (unpaired) electrons. The molecular formula is C24H29I4NO4. The predicted octanol–water partition coefficient (Wildman–Crippen LogP) is 6.68. The van der Waals surface area contributed by atoms with E-state index in [1.165, 1.54) is 5.56 Å². The Bertz CT molecular complexity index is 908. The molecule has 0 saturated heterocycles. The lowest BCUT2D eigenvalue weighted by Gasteiger charge is -2.18. The fourth-order valence-corrected chi connectivity index (χ4v) is 7.67. The normalized spacial score (nSPS) is 13.0. The number of carbonyl (C=O) groups is 1. The molecule has 0 saturated carbocycles. The first-order valence-electron chi connectivity index (χ1n) is 10.9. The van der Waals surface area contributed by atoms with Gasteiger partial charge in [0.25, 0.3) is 0 Å². The minimum atomic E-state index is -0.366. The summed E-state index contributed by atoms with van der Waals surface area (Å²) in [6.45, 7) is 6.88. The molecule has 0 heterocycles. The summed E-state index contributed by atoms with van der Waals surface area (Å²) in [7, 11) is 0. The minimum absolute atomic E-state index is 0.222. The van der Waals surface area contributed by atoms with Crippen molar-refractivity contribution in [2.45, 2.75) is 58.6 Å². The van der Waals surface area contributed by atoms with Crippen LogP contribution in [0.1, 0.15) is 44.7 Å². The van der Waals surface area contributed by atoms with Gasteiger partial charge in [0.2, 0.25) is 0 Å². The van der Waals surface area contributed by atoms with Crippen LogP contribution in [0.4, 0.5) is 0 Å². The molecule has 0 aliphatic rings. The van der Waals surface area contributed by atoms with Crippen LogP contribution in [0, 0.1) is 14.3 Å². The Morgan fingerprint density at radius 3 is 2.12 bits per heavy atom. The zero-order chi connectivity index (χ0) is 24.5. The summed E-state index contributed by atoms with van der Waals surface area (Å²) in [6, 6.07) is 7.88. The molecule has 2 unspecified atom stereocenters. The highest BCUT2D eigenvalue weighted by molar-refractivity contribution is 14.1. The standard InChI is InChI=1S/C24H29I4NO4/c1-4-15(30)7-8-17-18(25)12-16(13-19(17)26)33-23-20(27)9-14(10-21(23)28)11-22(29-5-2)24(31)32-6-3/h9-10,12-13,15,22,29-30H,4-8,11H2,1-3H3. The third-order valence-corrected chi connectivity index (χ3v) is 8.58. The first-order chi connectivity index (χ1) is 15.7. The van der Waals surface area contributed by atoms with E-state index in [1.54, 1.807) is 0 Å². The number of rotatable bonds is 12. The molecule has 9 heteroatoms. The Balaban J connectivity index is 2.21. The molecule has 5 nitrogen and oxygen atoms in total. The van der Waals surface area contributed by atoms with E-state index in [2.05, 4.69) is 120 Å². The molecule has 2 aromatic rings. The highest BCUT2D eigenvalue weighted by Gasteiger charge is 2.21. The second kappa shape index (κ2) is 15.0. The highest BCUT2D eigenvalue weighted by atomic mass is 127. The van der Waals surface area contributed by atoms with Crippen LogP contribution >= 0.6 is 90.4 Å². The fraction of sp³-hybridized carbons (Fsp3) is 0.458. The van der Waals surface area contributed by atoms with E-state index < -0.39 is 0 Å². The molecule has 182 valence electrons. The van der Waals surface area contributed by atoms with Gasteiger partial charge in [-0.05, 0) is 165 Å². The van der Waals surface area contributed by atoms with Gasteiger partial charge in [0, 0.05) is 7.14 Å². The minimum Gasteiger partial charge on any atom is -0.465 e. The van der Waals surface area contributed by atoms with Crippen molar-refractivity contribution < 1.29 is 19.4 Å². The SMILES string of the molecule is CCNC(Cc1cc(I)c(Oc2cc(I)c(CCC(O)CC)c(I)c2)c(I)c1)C(=O)OCC. The molecule has 2 rings (SSSR count). The van der Waals surface area contributed by atoms with Crippen molar-refractivity contribution in [3.8, 4) is 11.5 Å². The monoisotopic (exact) mass is 903 g/mol. The quantitative estimate of drug-likeness (QED) is 0.184. The molecule has 0 aliphatic heterocycles. The van der Waals surface area contributed by atoms with Crippen LogP contribution < -0.4 is 10.1 Å². The number of aliphatic hydroxyl groups is 1. The number of likely N-dealkylation sites (N-methyl/N-ethyl adjacent to an activating group) is 1. The van der Waals surface area contributed by atoms with Crippen molar-refractivity contribution in [2.75, 3.05) is 13.2 Å². The Morgan fingerprint density at radius 1 is 1.00 bits per heavy atom. The average Bonchev–Trinajstić information content (AvgIpc) is 2.75. The molecule has 0 aliphatic carbocycles. The summed E-state index contributed by atoms with van der Waals surface area (Å²) in [4.78, 5) is 12.3. The lowest BCUT2D eigenvalue weighted by atomic mass is 10.1. The second-order valence-electron chi connectivity index (χ2n) is 7.52. The van der Waals surface area contributed by atoms with Gasteiger partial charge < -0.3 is 19.9 Å². The maximum Gasteiger partial charge on any atom is 0.323 e. The summed E-state index contributed by atoms with van der Waals surface area (Å²) >= 11 is 9.28. The molecule has 0 spiro atoms. The molecule has 2 atom stereocenters. The van der Waals surface area contributed by atoms with Crippen LogP contribution in [0.5, 0.6) is 11.5 Å². The highest BCUT2D eigenvalue weighted by Crippen LogP contribution is 2.35. The Morgan fingerprint density at radius 2 is 1.61 bits per heavy atom. The molecule has 0 aromatic heterocycles. The topological polar surface area (TPSA) is 67.8 Å². The second-order valence-corrected chi connectivity index (χ2v) is 12.2. The van der Waals surface area contributed by atoms with Gasteiger partial charge in [-0.1, -0.05) is 13.8 Å². The van der Waals surface area contributed by atoms with E-state index in [4.69, 9.17) is 9.47 Å². The number of aliphatic hydroxyl groups excluding tert-OH is 1. The van der Waals surface area contributed by atoms with Gasteiger partial charge in [0.15, 0.2) is 5.75 Å².